The molecule has 0 saturated carbocycles. The van der Waals surface area contributed by atoms with E-state index in [4.69, 9.17) is 14.9 Å². The van der Waals surface area contributed by atoms with E-state index in [1.165, 1.54) is 5.69 Å². The summed E-state index contributed by atoms with van der Waals surface area (Å²) in [6.45, 7) is 3.10. The fraction of sp³-hybridized carbons (Fsp3) is 0.417. The molecule has 0 bridgehead atoms. The van der Waals surface area contributed by atoms with E-state index in [9.17, 15) is 14.7 Å². The average Bonchev–Trinajstić information content (AvgIpc) is 3.27. The Hall–Kier alpha value is -3.28. The topological polar surface area (TPSA) is 109 Å². The summed E-state index contributed by atoms with van der Waals surface area (Å²) in [5.41, 5.74) is 6.27. The maximum atomic E-state index is 11.8. The molecule has 1 atom stereocenters. The number of piperazine rings is 1. The number of furan rings is 1. The molecule has 2 aromatic rings. The lowest BCUT2D eigenvalue weighted by atomic mass is 10.1. The number of carbonyl (C=O) groups excluding carboxylic acids is 2. The predicted octanol–water partition coefficient (Wildman–Crippen LogP) is 1.84. The summed E-state index contributed by atoms with van der Waals surface area (Å²) in [7, 11) is 0. The van der Waals surface area contributed by atoms with Crippen LogP contribution in [0.1, 0.15) is 36.8 Å². The molecule has 0 spiro atoms. The zero-order valence-corrected chi connectivity index (χ0v) is 18.0. The first-order valence-electron chi connectivity index (χ1n) is 10.7. The molecule has 3 rings (SSSR count). The summed E-state index contributed by atoms with van der Waals surface area (Å²) in [6, 6.07) is 13.6. The van der Waals surface area contributed by atoms with Crippen LogP contribution in [0.25, 0.3) is 0 Å². The number of nitrogens with two attached hydrogens (primary N) is 1. The fourth-order valence-corrected chi connectivity index (χ4v) is 3.61. The molecule has 8 heteroatoms. The highest BCUT2D eigenvalue weighted by Gasteiger charge is 2.26. The van der Waals surface area contributed by atoms with E-state index in [1.807, 2.05) is 24.3 Å². The number of carbonyl (C=O) groups is 2. The molecule has 8 nitrogen and oxygen atoms in total. The summed E-state index contributed by atoms with van der Waals surface area (Å²) < 4.78 is 11.1. The maximum Gasteiger partial charge on any atom is 0.306 e. The van der Waals surface area contributed by atoms with Crippen LogP contribution in [0.4, 0.5) is 5.69 Å². The van der Waals surface area contributed by atoms with Gasteiger partial charge >= 0.3 is 5.97 Å². The third-order valence-corrected chi connectivity index (χ3v) is 5.25. The Morgan fingerprint density at radius 2 is 1.84 bits per heavy atom. The van der Waals surface area contributed by atoms with Gasteiger partial charge in [-0.05, 0) is 30.7 Å². The number of anilines is 1. The van der Waals surface area contributed by atoms with Crippen LogP contribution in [0.5, 0.6) is 0 Å². The first kappa shape index (κ1) is 23.4. The van der Waals surface area contributed by atoms with Gasteiger partial charge in [0.2, 0.25) is 5.91 Å². The van der Waals surface area contributed by atoms with E-state index in [1.54, 1.807) is 6.07 Å². The van der Waals surface area contributed by atoms with Crippen LogP contribution >= 0.6 is 0 Å². The van der Waals surface area contributed by atoms with Crippen molar-refractivity contribution < 1.29 is 23.8 Å². The first-order valence-corrected chi connectivity index (χ1v) is 10.7. The van der Waals surface area contributed by atoms with Gasteiger partial charge in [0.05, 0.1) is 0 Å². The number of esters is 1. The molecule has 32 heavy (non-hydrogen) atoms. The van der Waals surface area contributed by atoms with Gasteiger partial charge in [0.15, 0.2) is 0 Å². The number of hydrogen-bond acceptors (Lipinski definition) is 7. The lowest BCUT2D eigenvalue weighted by molar-refractivity contribution is -0.145. The zero-order chi connectivity index (χ0) is 22.8. The normalized spacial score (nSPS) is 15.0. The SMILES string of the molecule is NC(=O)CCCC(=O)OCc1ccc(C(C#CCO)N2CCN(c3ccccc3)CC2)o1. The van der Waals surface area contributed by atoms with Crippen molar-refractivity contribution in [1.82, 2.24) is 4.90 Å². The Morgan fingerprint density at radius 1 is 1.09 bits per heavy atom. The molecule has 1 saturated heterocycles. The third kappa shape index (κ3) is 6.87. The minimum Gasteiger partial charge on any atom is -0.460 e. The molecule has 1 fully saturated rings. The van der Waals surface area contributed by atoms with Gasteiger partial charge in [-0.15, -0.1) is 0 Å². The van der Waals surface area contributed by atoms with Crippen LogP contribution in [-0.4, -0.2) is 54.7 Å². The van der Waals surface area contributed by atoms with E-state index < -0.39 is 11.9 Å². The molecule has 1 aliphatic rings. The van der Waals surface area contributed by atoms with E-state index in [0.717, 1.165) is 26.2 Å². The van der Waals surface area contributed by atoms with Crippen molar-refractivity contribution in [3.05, 3.63) is 54.0 Å². The molecule has 170 valence electrons. The number of aliphatic hydroxyl groups is 1. The summed E-state index contributed by atoms with van der Waals surface area (Å²) >= 11 is 0. The van der Waals surface area contributed by atoms with Crippen LogP contribution in [0.3, 0.4) is 0 Å². The minimum atomic E-state index is -0.437. The highest BCUT2D eigenvalue weighted by atomic mass is 16.5. The number of hydrogen-bond donors (Lipinski definition) is 2. The number of nitrogens with zero attached hydrogens (tertiary/aromatic N) is 2. The van der Waals surface area contributed by atoms with Gasteiger partial charge in [0.25, 0.3) is 0 Å². The van der Waals surface area contributed by atoms with E-state index >= 15 is 0 Å². The minimum absolute atomic E-state index is 0.0112. The summed E-state index contributed by atoms with van der Waals surface area (Å²) in [4.78, 5) is 27.1. The Morgan fingerprint density at radius 3 is 2.53 bits per heavy atom. The molecule has 0 radical (unpaired) electrons. The van der Waals surface area contributed by atoms with E-state index in [0.29, 0.717) is 17.9 Å². The smallest absolute Gasteiger partial charge is 0.306 e. The number of aliphatic hydroxyl groups excluding tert-OH is 1. The monoisotopic (exact) mass is 439 g/mol. The molecular weight excluding hydrogens is 410 g/mol. The number of para-hydroxylation sites is 1. The van der Waals surface area contributed by atoms with Crippen molar-refractivity contribution in [2.45, 2.75) is 31.9 Å². The van der Waals surface area contributed by atoms with Gasteiger partial charge in [0.1, 0.15) is 30.8 Å². The van der Waals surface area contributed by atoms with Crippen molar-refractivity contribution in [2.75, 3.05) is 37.7 Å². The summed E-state index contributed by atoms with van der Waals surface area (Å²) in [6.07, 6.45) is 0.654. The molecule has 2 heterocycles. The number of primary amides is 1. The second-order valence-corrected chi connectivity index (χ2v) is 7.52. The Bertz CT molecular complexity index is 939. The van der Waals surface area contributed by atoms with Gasteiger partial charge in [0, 0.05) is 44.7 Å². The number of benzene rings is 1. The van der Waals surface area contributed by atoms with Crippen molar-refractivity contribution in [2.24, 2.45) is 5.73 Å². The Kier molecular flexibility index (Phi) is 8.72. The Balaban J connectivity index is 1.57. The van der Waals surface area contributed by atoms with Crippen molar-refractivity contribution in [3.8, 4) is 11.8 Å². The van der Waals surface area contributed by atoms with E-state index in [-0.39, 0.29) is 32.1 Å². The standard InChI is InChI=1S/C24H29N3O5/c25-23(29)9-4-10-24(30)31-18-20-11-12-22(32-20)21(8-5-17-28)27-15-13-26(14-16-27)19-6-2-1-3-7-19/h1-3,6-7,11-12,21,28H,4,9-10,13-18H2,(H2,25,29). The summed E-state index contributed by atoms with van der Waals surface area (Å²) in [5, 5.41) is 9.19. The van der Waals surface area contributed by atoms with Crippen LogP contribution in [-0.2, 0) is 20.9 Å². The molecule has 1 aliphatic heterocycles. The largest absolute Gasteiger partial charge is 0.460 e. The molecule has 1 aromatic carbocycles. The van der Waals surface area contributed by atoms with Crippen molar-refractivity contribution in [3.63, 3.8) is 0 Å². The third-order valence-electron chi connectivity index (χ3n) is 5.25. The fourth-order valence-electron chi connectivity index (χ4n) is 3.61. The maximum absolute atomic E-state index is 11.8. The summed E-state index contributed by atoms with van der Waals surface area (Å²) in [5.74, 6) is 6.16. The van der Waals surface area contributed by atoms with Crippen LogP contribution < -0.4 is 10.6 Å². The molecule has 1 unspecified atom stereocenters. The van der Waals surface area contributed by atoms with Gasteiger partial charge in [-0.3, -0.25) is 14.5 Å². The quantitative estimate of drug-likeness (QED) is 0.453. The highest BCUT2D eigenvalue weighted by molar-refractivity contribution is 5.75. The second kappa shape index (κ2) is 11.9. The van der Waals surface area contributed by atoms with Gasteiger partial charge in [-0.2, -0.15) is 0 Å². The molecule has 3 N–H and O–H groups in total. The lowest BCUT2D eigenvalue weighted by Gasteiger charge is -2.38. The predicted molar refractivity (Wildman–Crippen MR) is 119 cm³/mol. The van der Waals surface area contributed by atoms with Crippen LogP contribution in [0.2, 0.25) is 0 Å². The van der Waals surface area contributed by atoms with Crippen molar-refractivity contribution >= 4 is 17.6 Å². The van der Waals surface area contributed by atoms with E-state index in [2.05, 4.69) is 33.8 Å². The molecule has 1 amide bonds. The van der Waals surface area contributed by atoms with Crippen LogP contribution in [0, 0.1) is 11.8 Å². The first-order chi connectivity index (χ1) is 15.6. The molecule has 0 aliphatic carbocycles. The highest BCUT2D eigenvalue weighted by Crippen LogP contribution is 2.26. The average molecular weight is 440 g/mol. The van der Waals surface area contributed by atoms with Gasteiger partial charge in [-0.25, -0.2) is 0 Å². The molecule has 1 aromatic heterocycles. The number of ether oxygens (including phenoxy) is 1. The van der Waals surface area contributed by atoms with Gasteiger partial charge in [-0.1, -0.05) is 30.0 Å². The number of rotatable bonds is 9. The molecular formula is C24H29N3O5. The lowest BCUT2D eigenvalue weighted by Crippen LogP contribution is -2.47. The zero-order valence-electron chi connectivity index (χ0n) is 18.0. The van der Waals surface area contributed by atoms with Crippen molar-refractivity contribution in [1.29, 1.82) is 0 Å². The number of amides is 1. The Labute approximate surface area is 187 Å². The second-order valence-electron chi connectivity index (χ2n) is 7.52. The van der Waals surface area contributed by atoms with Gasteiger partial charge < -0.3 is 24.9 Å². The van der Waals surface area contributed by atoms with Crippen LogP contribution in [0.15, 0.2) is 46.9 Å².